The lowest BCUT2D eigenvalue weighted by Crippen LogP contribution is -2.30. The predicted molar refractivity (Wildman–Crippen MR) is 97.9 cm³/mol. The van der Waals surface area contributed by atoms with Crippen molar-refractivity contribution in [3.63, 3.8) is 0 Å². The van der Waals surface area contributed by atoms with E-state index in [1.54, 1.807) is 0 Å². The molecule has 1 N–H and O–H groups in total. The Bertz CT molecular complexity index is 589. The lowest BCUT2D eigenvalue weighted by atomic mass is 10.1. The zero-order valence-corrected chi connectivity index (χ0v) is 15.5. The highest BCUT2D eigenvalue weighted by atomic mass is 79.9. The van der Waals surface area contributed by atoms with Crippen LogP contribution in [0.25, 0.3) is 0 Å². The summed E-state index contributed by atoms with van der Waals surface area (Å²) in [4.78, 5) is 1.22. The van der Waals surface area contributed by atoms with Crippen LogP contribution < -0.4 is 5.32 Å². The van der Waals surface area contributed by atoms with E-state index in [1.165, 1.54) is 4.90 Å². The van der Waals surface area contributed by atoms with Crippen LogP contribution >= 0.6 is 50.9 Å². The van der Waals surface area contributed by atoms with Crippen LogP contribution in [0.5, 0.6) is 0 Å². The molecule has 21 heavy (non-hydrogen) atoms. The van der Waals surface area contributed by atoms with Crippen molar-refractivity contribution < 1.29 is 0 Å². The van der Waals surface area contributed by atoms with Gasteiger partial charge in [-0.25, -0.2) is 0 Å². The molecular formula is C16H16BrCl2NS. The van der Waals surface area contributed by atoms with Crippen molar-refractivity contribution in [3.8, 4) is 0 Å². The average Bonchev–Trinajstić information content (AvgIpc) is 2.47. The standard InChI is InChI=1S/C16H16BrCl2NS/c1-20-14(8-11-2-3-12(17)9-16(11)19)10-21-15-6-4-13(18)5-7-15/h2-7,9,14,20H,8,10H2,1H3. The molecule has 1 unspecified atom stereocenters. The first-order valence-electron chi connectivity index (χ1n) is 6.58. The second-order valence-corrected chi connectivity index (χ2v) is 7.54. The quantitative estimate of drug-likeness (QED) is 0.621. The van der Waals surface area contributed by atoms with Gasteiger partial charge in [0, 0.05) is 31.2 Å². The molecule has 0 spiro atoms. The number of rotatable bonds is 6. The van der Waals surface area contributed by atoms with Gasteiger partial charge in [-0.1, -0.05) is 45.2 Å². The maximum atomic E-state index is 6.29. The second-order valence-electron chi connectivity index (χ2n) is 4.69. The lowest BCUT2D eigenvalue weighted by molar-refractivity contribution is 0.617. The minimum absolute atomic E-state index is 0.365. The van der Waals surface area contributed by atoms with E-state index >= 15 is 0 Å². The van der Waals surface area contributed by atoms with Gasteiger partial charge in [-0.05, 0) is 55.4 Å². The molecule has 0 aromatic heterocycles. The number of thioether (sulfide) groups is 1. The summed E-state index contributed by atoms with van der Waals surface area (Å²) in [7, 11) is 1.99. The van der Waals surface area contributed by atoms with Gasteiger partial charge in [0.2, 0.25) is 0 Å². The normalized spacial score (nSPS) is 12.4. The van der Waals surface area contributed by atoms with E-state index in [4.69, 9.17) is 23.2 Å². The molecule has 0 aliphatic rings. The number of hydrogen-bond donors (Lipinski definition) is 1. The van der Waals surface area contributed by atoms with Gasteiger partial charge in [0.15, 0.2) is 0 Å². The van der Waals surface area contributed by atoms with Crippen molar-refractivity contribution in [3.05, 3.63) is 62.5 Å². The zero-order chi connectivity index (χ0) is 15.2. The van der Waals surface area contributed by atoms with Gasteiger partial charge in [-0.15, -0.1) is 11.8 Å². The Morgan fingerprint density at radius 2 is 1.86 bits per heavy atom. The number of likely N-dealkylation sites (N-methyl/N-ethyl adjacent to an activating group) is 1. The van der Waals surface area contributed by atoms with E-state index in [0.29, 0.717) is 6.04 Å². The molecule has 0 bridgehead atoms. The second kappa shape index (κ2) is 8.44. The van der Waals surface area contributed by atoms with Crippen molar-refractivity contribution in [1.29, 1.82) is 0 Å². The van der Waals surface area contributed by atoms with E-state index in [0.717, 1.165) is 32.3 Å². The Labute approximate surface area is 148 Å². The summed E-state index contributed by atoms with van der Waals surface area (Å²) in [5, 5.41) is 4.93. The van der Waals surface area contributed by atoms with Crippen LogP contribution in [0.2, 0.25) is 10.0 Å². The maximum Gasteiger partial charge on any atom is 0.0449 e. The summed E-state index contributed by atoms with van der Waals surface area (Å²) in [5.41, 5.74) is 1.16. The molecule has 0 amide bonds. The highest BCUT2D eigenvalue weighted by Crippen LogP contribution is 2.25. The first kappa shape index (κ1) is 17.2. The fourth-order valence-electron chi connectivity index (χ4n) is 1.92. The van der Waals surface area contributed by atoms with Crippen LogP contribution in [0.4, 0.5) is 0 Å². The Kier molecular flexibility index (Phi) is 6.90. The SMILES string of the molecule is CNC(CSc1ccc(Cl)cc1)Cc1ccc(Br)cc1Cl. The van der Waals surface area contributed by atoms with Gasteiger partial charge in [0.1, 0.15) is 0 Å². The van der Waals surface area contributed by atoms with E-state index in [9.17, 15) is 0 Å². The molecule has 2 aromatic rings. The summed E-state index contributed by atoms with van der Waals surface area (Å²) < 4.78 is 1.01. The molecule has 1 atom stereocenters. The molecule has 0 heterocycles. The van der Waals surface area contributed by atoms with Gasteiger partial charge >= 0.3 is 0 Å². The Hall–Kier alpha value is -0.190. The largest absolute Gasteiger partial charge is 0.316 e. The monoisotopic (exact) mass is 403 g/mol. The molecule has 2 aromatic carbocycles. The van der Waals surface area contributed by atoms with Crippen LogP contribution in [0, 0.1) is 0 Å². The van der Waals surface area contributed by atoms with E-state index in [1.807, 2.05) is 55.2 Å². The molecule has 0 fully saturated rings. The summed E-state index contributed by atoms with van der Waals surface area (Å²) >= 11 is 17.4. The van der Waals surface area contributed by atoms with Crippen molar-refractivity contribution in [2.45, 2.75) is 17.4 Å². The van der Waals surface area contributed by atoms with E-state index < -0.39 is 0 Å². The molecule has 5 heteroatoms. The molecule has 0 saturated carbocycles. The van der Waals surface area contributed by atoms with Crippen LogP contribution in [0.15, 0.2) is 51.8 Å². The molecule has 0 saturated heterocycles. The minimum Gasteiger partial charge on any atom is -0.316 e. The third kappa shape index (κ3) is 5.50. The molecule has 112 valence electrons. The molecule has 0 aliphatic heterocycles. The van der Waals surface area contributed by atoms with Crippen LogP contribution in [-0.2, 0) is 6.42 Å². The minimum atomic E-state index is 0.365. The Balaban J connectivity index is 1.95. The summed E-state index contributed by atoms with van der Waals surface area (Å²) in [5.74, 6) is 0.977. The Morgan fingerprint density at radius 1 is 1.14 bits per heavy atom. The smallest absolute Gasteiger partial charge is 0.0449 e. The third-order valence-electron chi connectivity index (χ3n) is 3.15. The number of nitrogens with one attached hydrogen (secondary N) is 1. The maximum absolute atomic E-state index is 6.29. The third-order valence-corrected chi connectivity index (χ3v) is 5.43. The van der Waals surface area contributed by atoms with Crippen molar-refractivity contribution >= 4 is 50.9 Å². The molecule has 0 aliphatic carbocycles. The van der Waals surface area contributed by atoms with Crippen molar-refractivity contribution in [1.82, 2.24) is 5.32 Å². The van der Waals surface area contributed by atoms with Gasteiger partial charge < -0.3 is 5.32 Å². The molecule has 2 rings (SSSR count). The summed E-state index contributed by atoms with van der Waals surface area (Å²) in [6.45, 7) is 0. The van der Waals surface area contributed by atoms with Crippen molar-refractivity contribution in [2.24, 2.45) is 0 Å². The number of benzene rings is 2. The zero-order valence-electron chi connectivity index (χ0n) is 11.6. The van der Waals surface area contributed by atoms with Gasteiger partial charge in [0.25, 0.3) is 0 Å². The molecule has 0 radical (unpaired) electrons. The highest BCUT2D eigenvalue weighted by Gasteiger charge is 2.11. The fraction of sp³-hybridized carbons (Fsp3) is 0.250. The van der Waals surface area contributed by atoms with Crippen LogP contribution in [-0.4, -0.2) is 18.8 Å². The van der Waals surface area contributed by atoms with Crippen molar-refractivity contribution in [2.75, 3.05) is 12.8 Å². The highest BCUT2D eigenvalue weighted by molar-refractivity contribution is 9.10. The summed E-state index contributed by atoms with van der Waals surface area (Å²) in [6.07, 6.45) is 0.906. The Morgan fingerprint density at radius 3 is 2.48 bits per heavy atom. The topological polar surface area (TPSA) is 12.0 Å². The fourth-order valence-corrected chi connectivity index (χ4v) is 3.81. The number of hydrogen-bond acceptors (Lipinski definition) is 2. The van der Waals surface area contributed by atoms with Gasteiger partial charge in [-0.2, -0.15) is 0 Å². The predicted octanol–water partition coefficient (Wildman–Crippen LogP) is 5.68. The lowest BCUT2D eigenvalue weighted by Gasteiger charge is -2.17. The van der Waals surface area contributed by atoms with Gasteiger partial charge in [-0.3, -0.25) is 0 Å². The molecule has 1 nitrogen and oxygen atoms in total. The first-order chi connectivity index (χ1) is 10.1. The van der Waals surface area contributed by atoms with Crippen LogP contribution in [0.1, 0.15) is 5.56 Å². The van der Waals surface area contributed by atoms with Crippen LogP contribution in [0.3, 0.4) is 0 Å². The van der Waals surface area contributed by atoms with E-state index in [2.05, 4.69) is 27.3 Å². The molecular weight excluding hydrogens is 389 g/mol. The first-order valence-corrected chi connectivity index (χ1v) is 9.11. The summed E-state index contributed by atoms with van der Waals surface area (Å²) in [6, 6.07) is 14.3. The van der Waals surface area contributed by atoms with E-state index in [-0.39, 0.29) is 0 Å². The average molecular weight is 405 g/mol. The number of halogens is 3. The van der Waals surface area contributed by atoms with Gasteiger partial charge in [0.05, 0.1) is 0 Å².